The predicted molar refractivity (Wildman–Crippen MR) is 118 cm³/mol. The Hall–Kier alpha value is -2.46. The molecule has 1 saturated heterocycles. The molecule has 1 aliphatic rings. The van der Waals surface area contributed by atoms with Gasteiger partial charge in [-0.05, 0) is 29.3 Å². The zero-order valence-electron chi connectivity index (χ0n) is 17.3. The van der Waals surface area contributed by atoms with Crippen molar-refractivity contribution in [1.29, 1.82) is 0 Å². The highest BCUT2D eigenvalue weighted by molar-refractivity contribution is 8.19. The molecule has 162 valence electrons. The SMILES string of the molecule is COc1cc([C@@H]2CS[C@@H](c3cc(OC)c(OC)c([N+](=O)[O-])c3)S2)cc(OC)c1OC. The second-order valence-corrected chi connectivity index (χ2v) is 9.03. The van der Waals surface area contributed by atoms with Gasteiger partial charge in [-0.25, -0.2) is 0 Å². The van der Waals surface area contributed by atoms with Gasteiger partial charge in [-0.15, -0.1) is 23.5 Å². The van der Waals surface area contributed by atoms with Gasteiger partial charge in [0.2, 0.25) is 11.5 Å². The molecular formula is C20H23NO7S2. The minimum absolute atomic E-state index is 0.00703. The van der Waals surface area contributed by atoms with Crippen LogP contribution in [0.4, 0.5) is 5.69 Å². The Morgan fingerprint density at radius 1 is 0.833 bits per heavy atom. The van der Waals surface area contributed by atoms with E-state index in [4.69, 9.17) is 23.7 Å². The lowest BCUT2D eigenvalue weighted by molar-refractivity contribution is -0.385. The minimum Gasteiger partial charge on any atom is -0.493 e. The van der Waals surface area contributed by atoms with E-state index >= 15 is 0 Å². The largest absolute Gasteiger partial charge is 0.493 e. The first-order valence-corrected chi connectivity index (χ1v) is 10.9. The first-order chi connectivity index (χ1) is 14.5. The van der Waals surface area contributed by atoms with Crippen LogP contribution in [-0.2, 0) is 0 Å². The van der Waals surface area contributed by atoms with Crippen molar-refractivity contribution < 1.29 is 28.6 Å². The normalized spacial score (nSPS) is 18.0. The Morgan fingerprint density at radius 2 is 1.37 bits per heavy atom. The van der Waals surface area contributed by atoms with Gasteiger partial charge < -0.3 is 23.7 Å². The van der Waals surface area contributed by atoms with Crippen LogP contribution < -0.4 is 23.7 Å². The van der Waals surface area contributed by atoms with Crippen molar-refractivity contribution in [3.63, 3.8) is 0 Å². The molecule has 0 bridgehead atoms. The molecular weight excluding hydrogens is 430 g/mol. The van der Waals surface area contributed by atoms with E-state index in [1.165, 1.54) is 14.2 Å². The molecule has 3 rings (SSSR count). The molecule has 0 radical (unpaired) electrons. The monoisotopic (exact) mass is 453 g/mol. The van der Waals surface area contributed by atoms with E-state index in [2.05, 4.69) is 0 Å². The average molecular weight is 454 g/mol. The van der Waals surface area contributed by atoms with E-state index in [-0.39, 0.29) is 21.3 Å². The van der Waals surface area contributed by atoms with Gasteiger partial charge in [-0.1, -0.05) is 0 Å². The number of ether oxygens (including phenoxy) is 5. The molecule has 30 heavy (non-hydrogen) atoms. The first kappa shape index (κ1) is 22.2. The maximum Gasteiger partial charge on any atom is 0.315 e. The zero-order chi connectivity index (χ0) is 21.8. The summed E-state index contributed by atoms with van der Waals surface area (Å²) in [6.07, 6.45) is 0. The first-order valence-electron chi connectivity index (χ1n) is 8.94. The van der Waals surface area contributed by atoms with E-state index in [0.29, 0.717) is 23.0 Å². The predicted octanol–water partition coefficient (Wildman–Crippen LogP) is 4.86. The van der Waals surface area contributed by atoms with Gasteiger partial charge in [0.15, 0.2) is 17.2 Å². The standard InChI is InChI=1S/C20H23NO7S2/c1-24-14-9-12(6-13(21(22)23)18(14)27-4)20-29-10-17(30-20)11-7-15(25-2)19(28-5)16(8-11)26-3/h6-9,17,20H,10H2,1-5H3/t17-,20+/m0/s1. The fraction of sp³-hybridized carbons (Fsp3) is 0.400. The topological polar surface area (TPSA) is 89.3 Å². The van der Waals surface area contributed by atoms with Crippen molar-refractivity contribution >= 4 is 29.2 Å². The minimum atomic E-state index is -0.453. The molecule has 2 aromatic carbocycles. The van der Waals surface area contributed by atoms with Gasteiger partial charge in [0.05, 0.1) is 45.1 Å². The average Bonchev–Trinajstić information content (AvgIpc) is 3.27. The Kier molecular flexibility index (Phi) is 7.09. The molecule has 0 aliphatic carbocycles. The number of nitro benzene ring substituents is 1. The van der Waals surface area contributed by atoms with E-state index < -0.39 is 4.92 Å². The second-order valence-electron chi connectivity index (χ2n) is 6.28. The van der Waals surface area contributed by atoms with Crippen LogP contribution in [0, 0.1) is 10.1 Å². The Labute approximate surface area is 183 Å². The van der Waals surface area contributed by atoms with Gasteiger partial charge in [0.1, 0.15) is 0 Å². The molecule has 1 aliphatic heterocycles. The van der Waals surface area contributed by atoms with Crippen molar-refractivity contribution in [3.05, 3.63) is 45.5 Å². The molecule has 0 amide bonds. The van der Waals surface area contributed by atoms with E-state index in [9.17, 15) is 10.1 Å². The number of nitrogens with zero attached hydrogens (tertiary/aromatic N) is 1. The van der Waals surface area contributed by atoms with Crippen LogP contribution in [0.15, 0.2) is 24.3 Å². The molecule has 0 N–H and O–H groups in total. The maximum absolute atomic E-state index is 11.5. The van der Waals surface area contributed by atoms with E-state index in [1.54, 1.807) is 57.0 Å². The van der Waals surface area contributed by atoms with Crippen LogP contribution in [0.3, 0.4) is 0 Å². The number of rotatable bonds is 8. The summed E-state index contributed by atoms with van der Waals surface area (Å²) in [5.74, 6) is 3.05. The van der Waals surface area contributed by atoms with E-state index in [1.807, 2.05) is 12.1 Å². The van der Waals surface area contributed by atoms with Crippen LogP contribution in [-0.4, -0.2) is 46.2 Å². The summed E-state index contributed by atoms with van der Waals surface area (Å²) in [6.45, 7) is 0. The lowest BCUT2D eigenvalue weighted by Gasteiger charge is -2.17. The van der Waals surface area contributed by atoms with Gasteiger partial charge in [-0.3, -0.25) is 10.1 Å². The second kappa shape index (κ2) is 9.57. The fourth-order valence-electron chi connectivity index (χ4n) is 3.28. The molecule has 2 atom stereocenters. The van der Waals surface area contributed by atoms with Crippen molar-refractivity contribution in [2.75, 3.05) is 41.3 Å². The van der Waals surface area contributed by atoms with Gasteiger partial charge >= 0.3 is 5.69 Å². The number of hydrogen-bond donors (Lipinski definition) is 0. The fourth-order valence-corrected chi connectivity index (χ4v) is 6.53. The van der Waals surface area contributed by atoms with Crippen molar-refractivity contribution in [1.82, 2.24) is 0 Å². The molecule has 0 spiro atoms. The van der Waals surface area contributed by atoms with Gasteiger partial charge in [0, 0.05) is 17.1 Å². The third-order valence-electron chi connectivity index (χ3n) is 4.70. The lowest BCUT2D eigenvalue weighted by atomic mass is 10.1. The summed E-state index contributed by atoms with van der Waals surface area (Å²) < 4.78 is 26.8. The van der Waals surface area contributed by atoms with Crippen LogP contribution in [0.5, 0.6) is 28.7 Å². The highest BCUT2D eigenvalue weighted by atomic mass is 32.2. The summed E-state index contributed by atoms with van der Waals surface area (Å²) in [5, 5.41) is 11.7. The molecule has 8 nitrogen and oxygen atoms in total. The van der Waals surface area contributed by atoms with Crippen LogP contribution in [0.25, 0.3) is 0 Å². The number of benzene rings is 2. The molecule has 1 fully saturated rings. The maximum atomic E-state index is 11.5. The summed E-state index contributed by atoms with van der Waals surface area (Å²) in [4.78, 5) is 11.1. The Balaban J connectivity index is 1.92. The molecule has 0 saturated carbocycles. The highest BCUT2D eigenvalue weighted by Gasteiger charge is 2.33. The molecule has 0 unspecified atom stereocenters. The van der Waals surface area contributed by atoms with Gasteiger partial charge in [-0.2, -0.15) is 0 Å². The van der Waals surface area contributed by atoms with Crippen molar-refractivity contribution in [2.24, 2.45) is 0 Å². The van der Waals surface area contributed by atoms with Crippen LogP contribution >= 0.6 is 23.5 Å². The molecule has 2 aromatic rings. The third kappa shape index (κ3) is 4.20. The number of thioether (sulfide) groups is 2. The van der Waals surface area contributed by atoms with Crippen molar-refractivity contribution in [2.45, 2.75) is 9.83 Å². The summed E-state index contributed by atoms with van der Waals surface area (Å²) in [7, 11) is 7.61. The smallest absolute Gasteiger partial charge is 0.315 e. The summed E-state index contributed by atoms with van der Waals surface area (Å²) in [6, 6.07) is 7.25. The molecule has 0 aromatic heterocycles. The third-order valence-corrected chi connectivity index (χ3v) is 8.04. The number of hydrogen-bond acceptors (Lipinski definition) is 9. The van der Waals surface area contributed by atoms with Gasteiger partial charge in [0.25, 0.3) is 0 Å². The summed E-state index contributed by atoms with van der Waals surface area (Å²) >= 11 is 3.43. The van der Waals surface area contributed by atoms with E-state index in [0.717, 1.165) is 16.9 Å². The number of nitro groups is 1. The molecule has 1 heterocycles. The summed E-state index contributed by atoms with van der Waals surface area (Å²) in [5.41, 5.74) is 1.74. The quantitative estimate of drug-likeness (QED) is 0.411. The Bertz CT molecular complexity index is 913. The van der Waals surface area contributed by atoms with Crippen LogP contribution in [0.2, 0.25) is 0 Å². The van der Waals surface area contributed by atoms with Crippen LogP contribution in [0.1, 0.15) is 21.0 Å². The zero-order valence-corrected chi connectivity index (χ0v) is 18.9. The number of methoxy groups -OCH3 is 5. The molecule has 10 heteroatoms. The highest BCUT2D eigenvalue weighted by Crippen LogP contribution is 2.58. The lowest BCUT2D eigenvalue weighted by Crippen LogP contribution is -2.00. The Morgan fingerprint density at radius 3 is 1.87 bits per heavy atom. The van der Waals surface area contributed by atoms with Crippen molar-refractivity contribution in [3.8, 4) is 28.7 Å².